The third-order valence-electron chi connectivity index (χ3n) is 3.04. The summed E-state index contributed by atoms with van der Waals surface area (Å²) in [4.78, 5) is 2.47. The van der Waals surface area contributed by atoms with Gasteiger partial charge in [0.25, 0.3) is 0 Å². The van der Waals surface area contributed by atoms with Gasteiger partial charge in [-0.15, -0.1) is 0 Å². The van der Waals surface area contributed by atoms with E-state index in [-0.39, 0.29) is 6.10 Å². The number of aliphatic hydroxyl groups excluding tert-OH is 1. The molecule has 78 valence electrons. The van der Waals surface area contributed by atoms with Crippen molar-refractivity contribution < 1.29 is 5.11 Å². The minimum Gasteiger partial charge on any atom is -0.392 e. The first-order chi connectivity index (χ1) is 6.15. The average Bonchev–Trinajstić information content (AvgIpc) is 2.17. The van der Waals surface area contributed by atoms with E-state index in [0.29, 0.717) is 17.7 Å². The number of hydrogen-bond acceptors (Lipinski definition) is 3. The molecule has 1 N–H and O–H groups in total. The SMILES string of the molecule is CC(C)N1CCC(C(O)CS)CC1. The molecule has 1 fully saturated rings. The number of nitrogens with zero attached hydrogens (tertiary/aromatic N) is 1. The summed E-state index contributed by atoms with van der Waals surface area (Å²) in [5.41, 5.74) is 0. The molecule has 0 spiro atoms. The van der Waals surface area contributed by atoms with E-state index in [9.17, 15) is 5.11 Å². The van der Waals surface area contributed by atoms with Gasteiger partial charge in [-0.05, 0) is 45.7 Å². The van der Waals surface area contributed by atoms with Gasteiger partial charge in [0.1, 0.15) is 0 Å². The van der Waals surface area contributed by atoms with Gasteiger partial charge in [0.15, 0.2) is 0 Å². The Balaban J connectivity index is 2.30. The number of hydrogen-bond donors (Lipinski definition) is 2. The van der Waals surface area contributed by atoms with Crippen molar-refractivity contribution in [2.45, 2.75) is 38.8 Å². The molecule has 1 unspecified atom stereocenters. The highest BCUT2D eigenvalue weighted by Gasteiger charge is 2.25. The van der Waals surface area contributed by atoms with Crippen molar-refractivity contribution in [2.75, 3.05) is 18.8 Å². The predicted octanol–water partition coefficient (Wildman–Crippen LogP) is 1.40. The maximum absolute atomic E-state index is 9.61. The molecule has 1 rings (SSSR count). The van der Waals surface area contributed by atoms with E-state index in [0.717, 1.165) is 25.9 Å². The van der Waals surface area contributed by atoms with Gasteiger partial charge in [0.2, 0.25) is 0 Å². The number of aliphatic hydroxyl groups is 1. The molecule has 1 heterocycles. The Morgan fingerprint density at radius 2 is 1.92 bits per heavy atom. The fraction of sp³-hybridized carbons (Fsp3) is 1.00. The predicted molar refractivity (Wildman–Crippen MR) is 59.3 cm³/mol. The molecule has 2 nitrogen and oxygen atoms in total. The van der Waals surface area contributed by atoms with Crippen molar-refractivity contribution in [3.05, 3.63) is 0 Å². The van der Waals surface area contributed by atoms with Crippen LogP contribution in [0.1, 0.15) is 26.7 Å². The van der Waals surface area contributed by atoms with Crippen molar-refractivity contribution in [1.29, 1.82) is 0 Å². The molecule has 1 aliphatic heterocycles. The van der Waals surface area contributed by atoms with Crippen LogP contribution in [0.2, 0.25) is 0 Å². The lowest BCUT2D eigenvalue weighted by Crippen LogP contribution is -2.41. The van der Waals surface area contributed by atoms with E-state index >= 15 is 0 Å². The summed E-state index contributed by atoms with van der Waals surface area (Å²) in [7, 11) is 0. The second-order valence-electron chi connectivity index (χ2n) is 4.22. The highest BCUT2D eigenvalue weighted by molar-refractivity contribution is 7.80. The minimum absolute atomic E-state index is 0.197. The van der Waals surface area contributed by atoms with Crippen molar-refractivity contribution in [3.63, 3.8) is 0 Å². The molecule has 0 aromatic rings. The van der Waals surface area contributed by atoms with Crippen LogP contribution in [0.15, 0.2) is 0 Å². The van der Waals surface area contributed by atoms with Gasteiger partial charge in [-0.25, -0.2) is 0 Å². The highest BCUT2D eigenvalue weighted by Crippen LogP contribution is 2.22. The third kappa shape index (κ3) is 3.15. The summed E-state index contributed by atoms with van der Waals surface area (Å²) in [6.07, 6.45) is 2.05. The van der Waals surface area contributed by atoms with E-state index in [1.54, 1.807) is 0 Å². The van der Waals surface area contributed by atoms with Crippen LogP contribution in [-0.4, -0.2) is 41.0 Å². The molecule has 0 aromatic heterocycles. The molecule has 0 radical (unpaired) electrons. The van der Waals surface area contributed by atoms with Crippen LogP contribution < -0.4 is 0 Å². The quantitative estimate of drug-likeness (QED) is 0.677. The largest absolute Gasteiger partial charge is 0.392 e. The molecular formula is C10H21NOS. The zero-order valence-electron chi connectivity index (χ0n) is 8.61. The van der Waals surface area contributed by atoms with Crippen LogP contribution in [0.3, 0.4) is 0 Å². The van der Waals surface area contributed by atoms with Gasteiger partial charge in [0, 0.05) is 11.8 Å². The molecule has 1 saturated heterocycles. The van der Waals surface area contributed by atoms with E-state index < -0.39 is 0 Å². The summed E-state index contributed by atoms with van der Waals surface area (Å²) in [5, 5.41) is 9.61. The molecule has 0 saturated carbocycles. The summed E-state index contributed by atoms with van der Waals surface area (Å²) in [6.45, 7) is 6.73. The van der Waals surface area contributed by atoms with Gasteiger partial charge in [-0.2, -0.15) is 12.6 Å². The van der Waals surface area contributed by atoms with E-state index in [1.807, 2.05) is 0 Å². The first kappa shape index (κ1) is 11.3. The van der Waals surface area contributed by atoms with Gasteiger partial charge < -0.3 is 10.0 Å². The number of likely N-dealkylation sites (tertiary alicyclic amines) is 1. The fourth-order valence-corrected chi connectivity index (χ4v) is 2.27. The number of rotatable bonds is 3. The monoisotopic (exact) mass is 203 g/mol. The Morgan fingerprint density at radius 3 is 2.31 bits per heavy atom. The van der Waals surface area contributed by atoms with Gasteiger partial charge >= 0.3 is 0 Å². The smallest absolute Gasteiger partial charge is 0.0657 e. The van der Waals surface area contributed by atoms with E-state index in [2.05, 4.69) is 31.4 Å². The highest BCUT2D eigenvalue weighted by atomic mass is 32.1. The molecule has 1 atom stereocenters. The number of thiol groups is 1. The molecule has 0 amide bonds. The van der Waals surface area contributed by atoms with Crippen molar-refractivity contribution in [1.82, 2.24) is 4.90 Å². The standard InChI is InChI=1S/C10H21NOS/c1-8(2)11-5-3-9(4-6-11)10(12)7-13/h8-10,12-13H,3-7H2,1-2H3. The molecule has 3 heteroatoms. The van der Waals surface area contributed by atoms with E-state index in [4.69, 9.17) is 0 Å². The Kier molecular flexibility index (Phi) is 4.56. The van der Waals surface area contributed by atoms with Crippen molar-refractivity contribution in [2.24, 2.45) is 5.92 Å². The van der Waals surface area contributed by atoms with E-state index in [1.165, 1.54) is 0 Å². The van der Waals surface area contributed by atoms with Crippen LogP contribution in [-0.2, 0) is 0 Å². The molecule has 0 bridgehead atoms. The van der Waals surface area contributed by atoms with Crippen LogP contribution >= 0.6 is 12.6 Å². The number of piperidine rings is 1. The average molecular weight is 203 g/mol. The molecule has 13 heavy (non-hydrogen) atoms. The summed E-state index contributed by atoms with van der Waals surface area (Å²) in [5.74, 6) is 1.08. The van der Waals surface area contributed by atoms with Crippen LogP contribution in [0, 0.1) is 5.92 Å². The molecule has 1 aliphatic rings. The lowest BCUT2D eigenvalue weighted by molar-refractivity contribution is 0.0645. The lowest BCUT2D eigenvalue weighted by Gasteiger charge is -2.36. The van der Waals surface area contributed by atoms with Gasteiger partial charge in [0.05, 0.1) is 6.10 Å². The van der Waals surface area contributed by atoms with Crippen LogP contribution in [0.4, 0.5) is 0 Å². The van der Waals surface area contributed by atoms with Gasteiger partial charge in [-0.3, -0.25) is 0 Å². The van der Waals surface area contributed by atoms with Crippen molar-refractivity contribution >= 4 is 12.6 Å². The zero-order chi connectivity index (χ0) is 9.84. The molecule has 0 aliphatic carbocycles. The Hall–Kier alpha value is 0.270. The van der Waals surface area contributed by atoms with Crippen molar-refractivity contribution in [3.8, 4) is 0 Å². The minimum atomic E-state index is -0.197. The summed E-state index contributed by atoms with van der Waals surface area (Å²) < 4.78 is 0. The summed E-state index contributed by atoms with van der Waals surface area (Å²) in [6, 6.07) is 0.647. The summed E-state index contributed by atoms with van der Waals surface area (Å²) >= 11 is 4.13. The first-order valence-corrected chi connectivity index (χ1v) is 5.81. The van der Waals surface area contributed by atoms with Gasteiger partial charge in [-0.1, -0.05) is 0 Å². The topological polar surface area (TPSA) is 23.5 Å². The molecule has 0 aromatic carbocycles. The maximum Gasteiger partial charge on any atom is 0.0657 e. The second-order valence-corrected chi connectivity index (χ2v) is 4.58. The lowest BCUT2D eigenvalue weighted by atomic mass is 9.91. The Bertz CT molecular complexity index is 144. The van der Waals surface area contributed by atoms with Crippen LogP contribution in [0.25, 0.3) is 0 Å². The second kappa shape index (κ2) is 5.23. The Morgan fingerprint density at radius 1 is 1.38 bits per heavy atom. The first-order valence-electron chi connectivity index (χ1n) is 5.18. The van der Waals surface area contributed by atoms with Crippen LogP contribution in [0.5, 0.6) is 0 Å². The molecular weight excluding hydrogens is 182 g/mol. The fourth-order valence-electron chi connectivity index (χ4n) is 1.97. The maximum atomic E-state index is 9.61. The zero-order valence-corrected chi connectivity index (χ0v) is 9.50. The third-order valence-corrected chi connectivity index (χ3v) is 3.41. The Labute approximate surface area is 86.7 Å². The normalized spacial score (nSPS) is 23.8.